The van der Waals surface area contributed by atoms with Crippen LogP contribution in [0.25, 0.3) is 10.8 Å². The van der Waals surface area contributed by atoms with Gasteiger partial charge in [0.25, 0.3) is 5.91 Å². The number of para-hydroxylation sites is 1. The lowest BCUT2D eigenvalue weighted by Gasteiger charge is -2.29. The Morgan fingerprint density at radius 2 is 1.93 bits per heavy atom. The van der Waals surface area contributed by atoms with Crippen LogP contribution >= 0.6 is 0 Å². The van der Waals surface area contributed by atoms with Gasteiger partial charge in [-0.1, -0.05) is 36.4 Å². The van der Waals surface area contributed by atoms with E-state index in [4.69, 9.17) is 4.74 Å². The SMILES string of the molecule is Cc1ncc(C(C)(C)NC(=O)c2cccc3c2OCCNC3)c2ccccc12. The third-order valence-corrected chi connectivity index (χ3v) is 5.28. The number of carbonyl (C=O) groups is 1. The molecule has 144 valence electrons. The second-order valence-corrected chi connectivity index (χ2v) is 7.70. The average molecular weight is 375 g/mol. The number of fused-ring (bicyclic) bond motifs is 2. The van der Waals surface area contributed by atoms with Crippen molar-refractivity contribution in [3.05, 3.63) is 71.0 Å². The Morgan fingerprint density at radius 3 is 2.75 bits per heavy atom. The first-order valence-electron chi connectivity index (χ1n) is 9.60. The standard InChI is InChI=1S/C23H25N3O2/c1-15-17-8-4-5-9-18(17)20(14-25-15)23(2,3)26-22(27)19-10-6-7-16-13-24-11-12-28-21(16)19/h4-10,14,24H,11-13H2,1-3H3,(H,26,27). The van der Waals surface area contributed by atoms with Gasteiger partial charge in [0.05, 0.1) is 11.1 Å². The normalized spacial score (nSPS) is 14.1. The average Bonchev–Trinajstić information content (AvgIpc) is 2.93. The van der Waals surface area contributed by atoms with E-state index in [1.54, 1.807) is 0 Å². The van der Waals surface area contributed by atoms with E-state index < -0.39 is 5.54 Å². The Morgan fingerprint density at radius 1 is 1.14 bits per heavy atom. The maximum absolute atomic E-state index is 13.2. The van der Waals surface area contributed by atoms with Crippen LogP contribution in [-0.2, 0) is 12.1 Å². The van der Waals surface area contributed by atoms with Crippen LogP contribution in [0.5, 0.6) is 5.75 Å². The summed E-state index contributed by atoms with van der Waals surface area (Å²) in [6, 6.07) is 13.9. The number of aromatic nitrogens is 1. The molecule has 2 N–H and O–H groups in total. The van der Waals surface area contributed by atoms with Crippen molar-refractivity contribution in [1.82, 2.24) is 15.6 Å². The van der Waals surface area contributed by atoms with Crippen molar-refractivity contribution in [1.29, 1.82) is 0 Å². The van der Waals surface area contributed by atoms with Crippen LogP contribution in [0, 0.1) is 6.92 Å². The first kappa shape index (κ1) is 18.4. The molecule has 0 saturated carbocycles. The van der Waals surface area contributed by atoms with Crippen molar-refractivity contribution in [2.75, 3.05) is 13.2 Å². The number of hydrogen-bond acceptors (Lipinski definition) is 4. The predicted molar refractivity (Wildman–Crippen MR) is 111 cm³/mol. The Labute approximate surface area is 165 Å². The van der Waals surface area contributed by atoms with Gasteiger partial charge in [0.15, 0.2) is 0 Å². The van der Waals surface area contributed by atoms with E-state index in [1.807, 2.05) is 57.3 Å². The minimum absolute atomic E-state index is 0.145. The summed E-state index contributed by atoms with van der Waals surface area (Å²) in [4.78, 5) is 17.7. The Bertz CT molecular complexity index is 1040. The van der Waals surface area contributed by atoms with E-state index in [0.29, 0.717) is 24.5 Å². The fraction of sp³-hybridized carbons (Fsp3) is 0.304. The number of aryl methyl sites for hydroxylation is 1. The van der Waals surface area contributed by atoms with Crippen molar-refractivity contribution in [3.8, 4) is 5.75 Å². The zero-order valence-electron chi connectivity index (χ0n) is 16.5. The van der Waals surface area contributed by atoms with Crippen molar-refractivity contribution < 1.29 is 9.53 Å². The topological polar surface area (TPSA) is 63.2 Å². The molecule has 1 amide bonds. The molecule has 3 aromatic rings. The second kappa shape index (κ2) is 7.24. The molecule has 4 rings (SSSR count). The van der Waals surface area contributed by atoms with Crippen LogP contribution < -0.4 is 15.4 Å². The molecular formula is C23H25N3O2. The van der Waals surface area contributed by atoms with E-state index in [1.165, 1.54) is 0 Å². The summed E-state index contributed by atoms with van der Waals surface area (Å²) in [6.45, 7) is 8.03. The van der Waals surface area contributed by atoms with Gasteiger partial charge in [-0.25, -0.2) is 0 Å². The molecule has 0 radical (unpaired) electrons. The highest BCUT2D eigenvalue weighted by Gasteiger charge is 2.28. The van der Waals surface area contributed by atoms with Gasteiger partial charge in [-0.15, -0.1) is 0 Å². The maximum Gasteiger partial charge on any atom is 0.255 e. The molecule has 1 aromatic heterocycles. The lowest BCUT2D eigenvalue weighted by Crippen LogP contribution is -2.41. The summed E-state index contributed by atoms with van der Waals surface area (Å²) in [6.07, 6.45) is 1.86. The summed E-state index contributed by atoms with van der Waals surface area (Å²) < 4.78 is 5.87. The second-order valence-electron chi connectivity index (χ2n) is 7.70. The van der Waals surface area contributed by atoms with Crippen LogP contribution in [0.15, 0.2) is 48.7 Å². The van der Waals surface area contributed by atoms with E-state index in [2.05, 4.69) is 27.8 Å². The molecule has 0 spiro atoms. The first-order chi connectivity index (χ1) is 13.5. The smallest absolute Gasteiger partial charge is 0.255 e. The van der Waals surface area contributed by atoms with Crippen LogP contribution in [-0.4, -0.2) is 24.0 Å². The minimum Gasteiger partial charge on any atom is -0.491 e. The molecule has 2 heterocycles. The van der Waals surface area contributed by atoms with Crippen molar-refractivity contribution in [2.45, 2.75) is 32.9 Å². The van der Waals surface area contributed by atoms with Crippen molar-refractivity contribution >= 4 is 16.7 Å². The van der Waals surface area contributed by atoms with Gasteiger partial charge in [0.1, 0.15) is 12.4 Å². The summed E-state index contributed by atoms with van der Waals surface area (Å²) >= 11 is 0. The molecule has 1 aliphatic heterocycles. The van der Waals surface area contributed by atoms with Gasteiger partial charge in [-0.3, -0.25) is 9.78 Å². The molecule has 0 unspecified atom stereocenters. The third kappa shape index (κ3) is 3.34. The highest BCUT2D eigenvalue weighted by atomic mass is 16.5. The Balaban J connectivity index is 1.70. The number of benzene rings is 2. The highest BCUT2D eigenvalue weighted by Crippen LogP contribution is 2.31. The Kier molecular flexibility index (Phi) is 4.77. The van der Waals surface area contributed by atoms with Crippen LogP contribution in [0.1, 0.15) is 41.0 Å². The Hall–Kier alpha value is -2.92. The number of carbonyl (C=O) groups excluding carboxylic acids is 1. The van der Waals surface area contributed by atoms with Gasteiger partial charge in [0, 0.05) is 41.5 Å². The highest BCUT2D eigenvalue weighted by molar-refractivity contribution is 5.98. The molecule has 0 bridgehead atoms. The molecule has 2 aromatic carbocycles. The quantitative estimate of drug-likeness (QED) is 0.733. The van der Waals surface area contributed by atoms with E-state index in [-0.39, 0.29) is 5.91 Å². The predicted octanol–water partition coefficient (Wildman–Crippen LogP) is 3.69. The molecule has 28 heavy (non-hydrogen) atoms. The lowest BCUT2D eigenvalue weighted by molar-refractivity contribution is 0.0908. The van der Waals surface area contributed by atoms with Gasteiger partial charge in [-0.2, -0.15) is 0 Å². The number of pyridine rings is 1. The minimum atomic E-state index is -0.594. The van der Waals surface area contributed by atoms with Crippen molar-refractivity contribution in [3.63, 3.8) is 0 Å². The summed E-state index contributed by atoms with van der Waals surface area (Å²) in [5.41, 5.74) is 2.95. The molecule has 5 nitrogen and oxygen atoms in total. The number of ether oxygens (including phenoxy) is 1. The summed E-state index contributed by atoms with van der Waals surface area (Å²) in [7, 11) is 0. The number of hydrogen-bond donors (Lipinski definition) is 2. The van der Waals surface area contributed by atoms with E-state index in [0.717, 1.165) is 34.1 Å². The molecule has 1 aliphatic rings. The fourth-order valence-electron chi connectivity index (χ4n) is 3.77. The number of nitrogens with zero attached hydrogens (tertiary/aromatic N) is 1. The maximum atomic E-state index is 13.2. The summed E-state index contributed by atoms with van der Waals surface area (Å²) in [5, 5.41) is 8.70. The monoisotopic (exact) mass is 375 g/mol. The number of amides is 1. The number of nitrogens with one attached hydrogen (secondary N) is 2. The van der Waals surface area contributed by atoms with Crippen LogP contribution in [0.3, 0.4) is 0 Å². The van der Waals surface area contributed by atoms with Gasteiger partial charge >= 0.3 is 0 Å². The lowest BCUT2D eigenvalue weighted by atomic mass is 9.90. The zero-order valence-corrected chi connectivity index (χ0v) is 16.5. The van der Waals surface area contributed by atoms with E-state index in [9.17, 15) is 4.79 Å². The molecule has 0 aliphatic carbocycles. The van der Waals surface area contributed by atoms with Gasteiger partial charge in [0.2, 0.25) is 0 Å². The van der Waals surface area contributed by atoms with Gasteiger partial charge in [-0.05, 0) is 32.2 Å². The zero-order chi connectivity index (χ0) is 19.7. The first-order valence-corrected chi connectivity index (χ1v) is 9.60. The summed E-state index contributed by atoms with van der Waals surface area (Å²) in [5.74, 6) is 0.529. The van der Waals surface area contributed by atoms with Gasteiger partial charge < -0.3 is 15.4 Å². The molecular weight excluding hydrogens is 350 g/mol. The molecule has 0 fully saturated rings. The molecule has 0 saturated heterocycles. The molecule has 0 atom stereocenters. The van der Waals surface area contributed by atoms with Crippen molar-refractivity contribution in [2.24, 2.45) is 0 Å². The van der Waals surface area contributed by atoms with Crippen LogP contribution in [0.4, 0.5) is 0 Å². The molecule has 5 heteroatoms. The fourth-order valence-corrected chi connectivity index (χ4v) is 3.77. The third-order valence-electron chi connectivity index (χ3n) is 5.28. The largest absolute Gasteiger partial charge is 0.491 e. The number of rotatable bonds is 3. The van der Waals surface area contributed by atoms with Crippen LogP contribution in [0.2, 0.25) is 0 Å². The van der Waals surface area contributed by atoms with E-state index >= 15 is 0 Å².